The number of aromatic nitrogens is 2. The molecule has 0 aliphatic heterocycles. The highest BCUT2D eigenvalue weighted by molar-refractivity contribution is 7.25. The Balaban J connectivity index is 1.23. The fourth-order valence-corrected chi connectivity index (χ4v) is 14.2. The second-order valence-corrected chi connectivity index (χ2v) is 24.1. The van der Waals surface area contributed by atoms with Gasteiger partial charge in [0.2, 0.25) is 0 Å². The molecule has 0 radical (unpaired) electrons. The van der Waals surface area contributed by atoms with E-state index in [1.54, 1.807) is 0 Å². The van der Waals surface area contributed by atoms with Gasteiger partial charge in [-0.1, -0.05) is 174 Å². The third-order valence-electron chi connectivity index (χ3n) is 13.8. The smallest absolute Gasteiger partial charge is 0.128 e. The van der Waals surface area contributed by atoms with Gasteiger partial charge in [-0.2, -0.15) is 8.75 Å². The summed E-state index contributed by atoms with van der Waals surface area (Å²) in [6, 6.07) is 29.2. The Morgan fingerprint density at radius 3 is 1.29 bits per heavy atom. The molecule has 0 fully saturated rings. The first kappa shape index (κ1) is 53.5. The minimum Gasteiger partial charge on any atom is -0.493 e. The average molecular weight is 1020 g/mol. The average Bonchev–Trinajstić information content (AvgIpc) is 4.24. The highest BCUT2D eigenvalue weighted by atomic mass is 32.1. The third-order valence-corrected chi connectivity index (χ3v) is 19.0. The molecule has 2 atom stereocenters. The molecule has 4 nitrogen and oxygen atoms in total. The molecule has 0 amide bonds. The van der Waals surface area contributed by atoms with Crippen LogP contribution in [0.3, 0.4) is 0 Å². The van der Waals surface area contributed by atoms with E-state index in [1.165, 1.54) is 200 Å². The molecule has 0 spiro atoms. The SMILES string of the molecule is CCCCCCCCC(CCCCCC)COc1cc(-c2ccc(-c3ccc(-c4cccc5nsnc45)s3)s2)c(OCC(CCCCCC)CCCCCCCC)cc1-c1ccc(-c2cccs2)s1. The van der Waals surface area contributed by atoms with Gasteiger partial charge in [0.05, 0.1) is 24.9 Å². The van der Waals surface area contributed by atoms with E-state index in [-0.39, 0.29) is 0 Å². The first-order valence-corrected chi connectivity index (χ1v) is 31.1. The van der Waals surface area contributed by atoms with Crippen LogP contribution in [0.2, 0.25) is 0 Å². The van der Waals surface area contributed by atoms with Gasteiger partial charge >= 0.3 is 0 Å². The van der Waals surface area contributed by atoms with E-state index in [0.717, 1.165) is 52.4 Å². The number of rotatable bonds is 35. The van der Waals surface area contributed by atoms with Crippen molar-refractivity contribution in [3.8, 4) is 62.3 Å². The molecule has 0 aliphatic rings. The van der Waals surface area contributed by atoms with Crippen LogP contribution in [-0.2, 0) is 0 Å². The van der Waals surface area contributed by atoms with E-state index in [0.29, 0.717) is 11.8 Å². The number of benzene rings is 2. The van der Waals surface area contributed by atoms with Crippen LogP contribution < -0.4 is 9.47 Å². The molecular formula is C60H80N2O2S5. The van der Waals surface area contributed by atoms with Crippen molar-refractivity contribution in [2.75, 3.05) is 13.2 Å². The number of thiophene rings is 4. The van der Waals surface area contributed by atoms with Gasteiger partial charge in [-0.15, -0.1) is 45.3 Å². The van der Waals surface area contributed by atoms with Gasteiger partial charge in [-0.05, 0) is 104 Å². The summed E-state index contributed by atoms with van der Waals surface area (Å²) >= 11 is 8.69. The summed E-state index contributed by atoms with van der Waals surface area (Å²) in [5.74, 6) is 3.06. The molecule has 7 aromatic rings. The number of unbranched alkanes of at least 4 members (excludes halogenated alkanes) is 16. The van der Waals surface area contributed by atoms with Crippen molar-refractivity contribution in [1.82, 2.24) is 8.75 Å². The number of hydrogen-bond donors (Lipinski definition) is 0. The molecule has 372 valence electrons. The van der Waals surface area contributed by atoms with Crippen molar-refractivity contribution >= 4 is 68.1 Å². The molecule has 5 heterocycles. The fourth-order valence-electron chi connectivity index (χ4n) is 9.64. The summed E-state index contributed by atoms with van der Waals surface area (Å²) in [7, 11) is 0. The molecule has 5 aromatic heterocycles. The van der Waals surface area contributed by atoms with Crippen LogP contribution in [0.15, 0.2) is 84.2 Å². The van der Waals surface area contributed by atoms with Crippen LogP contribution in [0.4, 0.5) is 0 Å². The number of ether oxygens (including phenoxy) is 2. The maximum atomic E-state index is 7.26. The van der Waals surface area contributed by atoms with Crippen LogP contribution in [0.25, 0.3) is 61.9 Å². The van der Waals surface area contributed by atoms with Crippen LogP contribution in [0, 0.1) is 11.8 Å². The normalized spacial score (nSPS) is 12.6. The summed E-state index contributed by atoms with van der Waals surface area (Å²) in [6.45, 7) is 10.8. The Bertz CT molecular complexity index is 2470. The lowest BCUT2D eigenvalue weighted by atomic mass is 9.94. The van der Waals surface area contributed by atoms with Crippen LogP contribution in [-0.4, -0.2) is 22.0 Å². The minimum atomic E-state index is 0.545. The molecule has 2 aromatic carbocycles. The molecule has 69 heavy (non-hydrogen) atoms. The standard InChI is InChI=1S/C60H80N2O2S5/c1-5-9-13-17-19-23-29-45(27-21-15-11-7-3)43-63-51-42-49(55-36-39-59(68-55)58-38-34-53(66-58)47-31-25-32-50-60(47)62-69-61-50)52(41-48(51)54-35-37-57(67-54)56-33-26-40-65-56)64-44-46(28-22-16-12-8-4)30-24-20-18-14-10-6-2/h25-26,31-42,45-46H,5-24,27-30,43-44H2,1-4H3. The first-order chi connectivity index (χ1) is 34.1. The number of fused-ring (bicyclic) bond motifs is 1. The van der Waals surface area contributed by atoms with E-state index >= 15 is 0 Å². The zero-order valence-corrected chi connectivity index (χ0v) is 46.5. The summed E-state index contributed by atoms with van der Waals surface area (Å²) in [5, 5.41) is 2.18. The van der Waals surface area contributed by atoms with Gasteiger partial charge in [-0.25, -0.2) is 0 Å². The molecule has 2 unspecified atom stereocenters. The molecular weight excluding hydrogens is 941 g/mol. The molecule has 0 N–H and O–H groups in total. The lowest BCUT2D eigenvalue weighted by Gasteiger charge is -2.22. The molecule has 0 saturated carbocycles. The summed E-state index contributed by atoms with van der Waals surface area (Å²) < 4.78 is 23.7. The maximum absolute atomic E-state index is 7.26. The second-order valence-electron chi connectivity index (χ2n) is 19.4. The zero-order valence-electron chi connectivity index (χ0n) is 42.4. The number of nitrogens with zero attached hydrogens (tertiary/aromatic N) is 2. The summed E-state index contributed by atoms with van der Waals surface area (Å²) in [6.07, 6.45) is 31.3. The van der Waals surface area contributed by atoms with E-state index in [2.05, 4.69) is 121 Å². The van der Waals surface area contributed by atoms with Crippen LogP contribution >= 0.6 is 57.1 Å². The predicted octanol–water partition coefficient (Wildman–Crippen LogP) is 21.7. The third kappa shape index (κ3) is 16.3. The van der Waals surface area contributed by atoms with Gasteiger partial charge in [0.1, 0.15) is 22.5 Å². The van der Waals surface area contributed by atoms with Crippen molar-refractivity contribution in [2.45, 2.75) is 182 Å². The molecule has 7 rings (SSSR count). The lowest BCUT2D eigenvalue weighted by Crippen LogP contribution is -2.14. The van der Waals surface area contributed by atoms with Crippen molar-refractivity contribution in [2.24, 2.45) is 11.8 Å². The Kier molecular flexibility index (Phi) is 23.1. The molecule has 0 aliphatic carbocycles. The largest absolute Gasteiger partial charge is 0.493 e. The van der Waals surface area contributed by atoms with Crippen molar-refractivity contribution in [3.63, 3.8) is 0 Å². The zero-order chi connectivity index (χ0) is 47.9. The van der Waals surface area contributed by atoms with Gasteiger partial charge in [0.15, 0.2) is 0 Å². The molecule has 0 bridgehead atoms. The summed E-state index contributed by atoms with van der Waals surface area (Å²) in [4.78, 5) is 8.85. The van der Waals surface area contributed by atoms with Gasteiger partial charge < -0.3 is 9.47 Å². The van der Waals surface area contributed by atoms with Gasteiger partial charge in [0.25, 0.3) is 0 Å². The maximum Gasteiger partial charge on any atom is 0.128 e. The monoisotopic (exact) mass is 1020 g/mol. The van der Waals surface area contributed by atoms with E-state index in [9.17, 15) is 0 Å². The van der Waals surface area contributed by atoms with Crippen molar-refractivity contribution in [3.05, 3.63) is 84.2 Å². The second kappa shape index (κ2) is 29.9. The molecule has 9 heteroatoms. The van der Waals surface area contributed by atoms with Crippen molar-refractivity contribution in [1.29, 1.82) is 0 Å². The molecule has 0 saturated heterocycles. The highest BCUT2D eigenvalue weighted by Gasteiger charge is 2.22. The Morgan fingerprint density at radius 1 is 0.406 bits per heavy atom. The topological polar surface area (TPSA) is 44.2 Å². The predicted molar refractivity (Wildman–Crippen MR) is 308 cm³/mol. The van der Waals surface area contributed by atoms with Gasteiger partial charge in [-0.3, -0.25) is 0 Å². The van der Waals surface area contributed by atoms with Crippen molar-refractivity contribution < 1.29 is 9.47 Å². The Labute approximate surface area is 436 Å². The van der Waals surface area contributed by atoms with E-state index in [4.69, 9.17) is 9.47 Å². The van der Waals surface area contributed by atoms with Crippen LogP contribution in [0.5, 0.6) is 11.5 Å². The lowest BCUT2D eigenvalue weighted by molar-refractivity contribution is 0.220. The minimum absolute atomic E-state index is 0.545. The highest BCUT2D eigenvalue weighted by Crippen LogP contribution is 2.49. The van der Waals surface area contributed by atoms with E-state index < -0.39 is 0 Å². The fraction of sp³-hybridized carbons (Fsp3) is 0.533. The van der Waals surface area contributed by atoms with Gasteiger partial charge in [0, 0.05) is 50.8 Å². The van der Waals surface area contributed by atoms with E-state index in [1.807, 2.05) is 45.3 Å². The summed E-state index contributed by atoms with van der Waals surface area (Å²) in [5.41, 5.74) is 5.41. The van der Waals surface area contributed by atoms with Crippen LogP contribution in [0.1, 0.15) is 182 Å². The Hall–Kier alpha value is -3.34. The first-order valence-electron chi connectivity index (χ1n) is 27.1. The Morgan fingerprint density at radius 2 is 0.826 bits per heavy atom. The number of hydrogen-bond acceptors (Lipinski definition) is 9. The quantitative estimate of drug-likeness (QED) is 0.0372.